The van der Waals surface area contributed by atoms with Crippen molar-refractivity contribution in [3.63, 3.8) is 0 Å². The molecule has 1 aromatic rings. The van der Waals surface area contributed by atoms with Gasteiger partial charge in [-0.2, -0.15) is 0 Å². The Labute approximate surface area is 114 Å². The fourth-order valence-corrected chi connectivity index (χ4v) is 2.15. The van der Waals surface area contributed by atoms with Crippen LogP contribution in [0.3, 0.4) is 0 Å². The van der Waals surface area contributed by atoms with Crippen molar-refractivity contribution in [2.75, 3.05) is 0 Å². The highest BCUT2D eigenvalue weighted by atomic mass is 19.1. The van der Waals surface area contributed by atoms with Crippen LogP contribution in [0.15, 0.2) is 18.2 Å². The van der Waals surface area contributed by atoms with E-state index in [-0.39, 0.29) is 5.82 Å². The Kier molecular flexibility index (Phi) is 3.50. The second-order valence-electron chi connectivity index (χ2n) is 6.15. The Morgan fingerprint density at radius 3 is 2.21 bits per heavy atom. The number of benzene rings is 1. The molecule has 0 radical (unpaired) electrons. The molecule has 0 aromatic heterocycles. The maximum Gasteiger partial charge on any atom is 0.480 e. The summed E-state index contributed by atoms with van der Waals surface area (Å²) in [5, 5.41) is 0. The molecule has 0 spiro atoms. The van der Waals surface area contributed by atoms with E-state index in [2.05, 4.69) is 0 Å². The van der Waals surface area contributed by atoms with E-state index >= 15 is 0 Å². The largest absolute Gasteiger partial charge is 0.480 e. The minimum Gasteiger partial charge on any atom is -0.402 e. The molecule has 2 rings (SSSR count). The van der Waals surface area contributed by atoms with Crippen molar-refractivity contribution in [2.24, 2.45) is 5.73 Å². The molecule has 0 saturated carbocycles. The van der Waals surface area contributed by atoms with E-state index in [4.69, 9.17) is 15.0 Å². The highest BCUT2D eigenvalue weighted by Gasteiger charge is 2.53. The van der Waals surface area contributed by atoms with Gasteiger partial charge in [-0.15, -0.1) is 0 Å². The molecule has 0 amide bonds. The predicted molar refractivity (Wildman–Crippen MR) is 74.1 cm³/mol. The predicted octanol–water partition coefficient (Wildman–Crippen LogP) is 2.77. The van der Waals surface area contributed by atoms with Crippen LogP contribution in [0.25, 0.3) is 0 Å². The molecule has 0 bridgehead atoms. The zero-order valence-corrected chi connectivity index (χ0v) is 12.2. The number of hydrogen-bond donors (Lipinski definition) is 1. The Balaban J connectivity index is 2.27. The highest BCUT2D eigenvalue weighted by Crippen LogP contribution is 2.39. The summed E-state index contributed by atoms with van der Waals surface area (Å²) in [4.78, 5) is 0. The van der Waals surface area contributed by atoms with Crippen molar-refractivity contribution in [3.05, 3.63) is 35.1 Å². The molecule has 3 nitrogen and oxygen atoms in total. The molecular weight excluding hydrogens is 244 g/mol. The Hall–Kier alpha value is -0.905. The summed E-state index contributed by atoms with van der Waals surface area (Å²) in [6.45, 7) is 9.78. The number of nitrogens with two attached hydrogens (primary N) is 1. The number of halogens is 1. The molecule has 5 heteroatoms. The summed E-state index contributed by atoms with van der Waals surface area (Å²) in [5.74, 6) is -0.802. The van der Waals surface area contributed by atoms with Crippen molar-refractivity contribution in [3.8, 4) is 0 Å². The monoisotopic (exact) mass is 265 g/mol. The topological polar surface area (TPSA) is 44.5 Å². The molecule has 1 saturated heterocycles. The SMILES string of the molecule is Cc1ccc(F)cc1[C@@H](N)B1OC(C)(C)C(C)(C)O1. The molecule has 1 aliphatic rings. The van der Waals surface area contributed by atoms with E-state index in [1.165, 1.54) is 12.1 Å². The van der Waals surface area contributed by atoms with Gasteiger partial charge < -0.3 is 15.0 Å². The third-order valence-corrected chi connectivity index (χ3v) is 4.17. The first-order chi connectivity index (χ1) is 8.64. The minimum absolute atomic E-state index is 0.299. The maximum atomic E-state index is 13.4. The van der Waals surface area contributed by atoms with Crippen LogP contribution >= 0.6 is 0 Å². The molecule has 2 N–H and O–H groups in total. The quantitative estimate of drug-likeness (QED) is 0.836. The van der Waals surface area contributed by atoms with Gasteiger partial charge in [0, 0.05) is 0 Å². The van der Waals surface area contributed by atoms with E-state index in [9.17, 15) is 4.39 Å². The third kappa shape index (κ3) is 2.55. The lowest BCUT2D eigenvalue weighted by Gasteiger charge is -2.32. The number of aryl methyl sites for hydroxylation is 1. The molecule has 1 aromatic carbocycles. The average molecular weight is 265 g/mol. The van der Waals surface area contributed by atoms with Crippen LogP contribution in [0.5, 0.6) is 0 Å². The van der Waals surface area contributed by atoms with Gasteiger partial charge in [0.25, 0.3) is 0 Å². The molecule has 1 atom stereocenters. The minimum atomic E-state index is -0.564. The molecular formula is C14H21BFNO2. The van der Waals surface area contributed by atoms with Crippen LogP contribution in [0.4, 0.5) is 4.39 Å². The molecule has 1 heterocycles. The van der Waals surface area contributed by atoms with E-state index < -0.39 is 24.3 Å². The molecule has 0 aliphatic carbocycles. The lowest BCUT2D eigenvalue weighted by atomic mass is 9.73. The molecule has 104 valence electrons. The van der Waals surface area contributed by atoms with E-state index in [1.54, 1.807) is 6.07 Å². The smallest absolute Gasteiger partial charge is 0.402 e. The van der Waals surface area contributed by atoms with Crippen LogP contribution in [0.1, 0.15) is 44.8 Å². The van der Waals surface area contributed by atoms with Crippen LogP contribution in [-0.2, 0) is 9.31 Å². The normalized spacial score (nSPS) is 22.6. The molecule has 19 heavy (non-hydrogen) atoms. The van der Waals surface area contributed by atoms with Crippen molar-refractivity contribution in [1.82, 2.24) is 0 Å². The summed E-state index contributed by atoms with van der Waals surface area (Å²) in [7, 11) is -0.564. The Morgan fingerprint density at radius 2 is 1.68 bits per heavy atom. The van der Waals surface area contributed by atoms with Crippen molar-refractivity contribution >= 4 is 7.12 Å². The lowest BCUT2D eigenvalue weighted by molar-refractivity contribution is 0.00578. The van der Waals surface area contributed by atoms with Crippen LogP contribution in [0, 0.1) is 12.7 Å². The summed E-state index contributed by atoms with van der Waals surface area (Å²) in [5.41, 5.74) is 6.98. The van der Waals surface area contributed by atoms with Gasteiger partial charge in [0.1, 0.15) is 5.82 Å². The first kappa shape index (κ1) is 14.5. The second-order valence-corrected chi connectivity index (χ2v) is 6.15. The second kappa shape index (κ2) is 4.58. The fourth-order valence-electron chi connectivity index (χ4n) is 2.15. The van der Waals surface area contributed by atoms with Crippen molar-refractivity contribution < 1.29 is 13.7 Å². The summed E-state index contributed by atoms with van der Waals surface area (Å²) in [6.07, 6.45) is 0. The molecule has 0 unspecified atom stereocenters. The van der Waals surface area contributed by atoms with Gasteiger partial charge in [0.2, 0.25) is 0 Å². The highest BCUT2D eigenvalue weighted by molar-refractivity contribution is 6.47. The first-order valence-corrected chi connectivity index (χ1v) is 6.51. The van der Waals surface area contributed by atoms with Gasteiger partial charge >= 0.3 is 7.12 Å². The first-order valence-electron chi connectivity index (χ1n) is 6.51. The van der Waals surface area contributed by atoms with Gasteiger partial charge in [-0.3, -0.25) is 0 Å². The Bertz CT molecular complexity index is 474. The van der Waals surface area contributed by atoms with Crippen molar-refractivity contribution in [1.29, 1.82) is 0 Å². The van der Waals surface area contributed by atoms with Gasteiger partial charge in [-0.25, -0.2) is 4.39 Å². The molecule has 1 fully saturated rings. The maximum absolute atomic E-state index is 13.4. The summed E-state index contributed by atoms with van der Waals surface area (Å²) in [6, 6.07) is 4.59. The zero-order chi connectivity index (χ0) is 14.4. The van der Waals surface area contributed by atoms with Crippen LogP contribution in [0.2, 0.25) is 0 Å². The van der Waals surface area contributed by atoms with Crippen molar-refractivity contribution in [2.45, 2.75) is 51.8 Å². The van der Waals surface area contributed by atoms with Gasteiger partial charge in [-0.1, -0.05) is 6.07 Å². The summed E-state index contributed by atoms with van der Waals surface area (Å²) >= 11 is 0. The standard InChI is InChI=1S/C14H21BFNO2/c1-9-6-7-10(16)8-11(9)12(17)15-18-13(2,3)14(4,5)19-15/h6-8,12H,17H2,1-5H3/t12-/m1/s1. The van der Waals surface area contributed by atoms with Crippen LogP contribution in [-0.4, -0.2) is 18.3 Å². The van der Waals surface area contributed by atoms with Gasteiger partial charge in [0.05, 0.1) is 17.1 Å². The number of hydrogen-bond acceptors (Lipinski definition) is 3. The zero-order valence-electron chi connectivity index (χ0n) is 12.2. The van der Waals surface area contributed by atoms with Gasteiger partial charge in [0.15, 0.2) is 0 Å². The van der Waals surface area contributed by atoms with E-state index in [1.807, 2.05) is 34.6 Å². The average Bonchev–Trinajstić information content (AvgIpc) is 2.51. The fraction of sp³-hybridized carbons (Fsp3) is 0.571. The Morgan fingerprint density at radius 1 is 1.16 bits per heavy atom. The van der Waals surface area contributed by atoms with Gasteiger partial charge in [-0.05, 0) is 57.9 Å². The third-order valence-electron chi connectivity index (χ3n) is 4.17. The molecule has 1 aliphatic heterocycles. The van der Waals surface area contributed by atoms with Crippen LogP contribution < -0.4 is 5.73 Å². The summed E-state index contributed by atoms with van der Waals surface area (Å²) < 4.78 is 25.2. The van der Waals surface area contributed by atoms with E-state index in [0.717, 1.165) is 11.1 Å². The number of rotatable bonds is 2. The lowest BCUT2D eigenvalue weighted by Crippen LogP contribution is -2.41. The van der Waals surface area contributed by atoms with E-state index in [0.29, 0.717) is 0 Å².